The minimum Gasteiger partial charge on any atom is -0.360 e. The van der Waals surface area contributed by atoms with Crippen molar-refractivity contribution in [2.75, 3.05) is 26.7 Å². The molecular weight excluding hydrogens is 558 g/mol. The molecule has 4 aromatic rings. The number of carbonyl (C=O) groups excluding carboxylic acids is 2. The van der Waals surface area contributed by atoms with Gasteiger partial charge in [-0.2, -0.15) is 0 Å². The summed E-state index contributed by atoms with van der Waals surface area (Å²) in [5, 5.41) is 13.5. The number of aryl methyl sites for hydroxylation is 2. The molecule has 2 aromatic carbocycles. The molecule has 1 aliphatic rings. The minimum absolute atomic E-state index is 0.171. The number of nitrogens with zero attached hydrogens (tertiary/aromatic N) is 3. The summed E-state index contributed by atoms with van der Waals surface area (Å²) in [6.07, 6.45) is 4.13. The topological polar surface area (TPSA) is 100 Å². The number of hydrogen-bond acceptors (Lipinski definition) is 8. The Bertz CT molecular complexity index is 1390. The normalized spacial score (nSPS) is 14.4. The third-order valence-electron chi connectivity index (χ3n) is 6.95. The maximum absolute atomic E-state index is 12.0. The van der Waals surface area contributed by atoms with Crippen molar-refractivity contribution >= 4 is 23.5 Å². The maximum Gasteiger partial charge on any atom is 0.251 e. The summed E-state index contributed by atoms with van der Waals surface area (Å²) in [4.78, 5) is 29.6. The van der Waals surface area contributed by atoms with Crippen LogP contribution < -0.4 is 10.6 Å². The molecule has 1 saturated heterocycles. The Balaban J connectivity index is 0.000000217. The molecule has 1 amide bonds. The van der Waals surface area contributed by atoms with E-state index in [1.807, 2.05) is 24.3 Å². The van der Waals surface area contributed by atoms with Gasteiger partial charge in [-0.05, 0) is 71.3 Å². The molecule has 1 aliphatic heterocycles. The van der Waals surface area contributed by atoms with Gasteiger partial charge in [-0.25, -0.2) is 4.98 Å². The zero-order valence-electron chi connectivity index (χ0n) is 26.0. The Morgan fingerprint density at radius 2 is 1.91 bits per heavy atom. The minimum atomic E-state index is -0.171. The number of amides is 1. The zero-order chi connectivity index (χ0) is 31.0. The number of likely N-dealkylation sites (tertiary alicyclic amines) is 1. The molecule has 230 valence electrons. The Morgan fingerprint density at radius 1 is 1.12 bits per heavy atom. The SMILES string of the molecule is CC(C)c1cc(CNCCCNC(=O)c2cccc(C=O)c2)on1.Cc1ccccc1.Cc1csc(C2CCCN2C)n1. The summed E-state index contributed by atoms with van der Waals surface area (Å²) in [5.74, 6) is 0.999. The second-order valence-electron chi connectivity index (χ2n) is 11.0. The fourth-order valence-electron chi connectivity index (χ4n) is 4.45. The van der Waals surface area contributed by atoms with Crippen LogP contribution in [0, 0.1) is 13.8 Å². The third-order valence-corrected chi connectivity index (χ3v) is 8.02. The summed E-state index contributed by atoms with van der Waals surface area (Å²) in [5.41, 5.74) is 4.43. The largest absolute Gasteiger partial charge is 0.360 e. The summed E-state index contributed by atoms with van der Waals surface area (Å²) >= 11 is 1.80. The average molecular weight is 604 g/mol. The van der Waals surface area contributed by atoms with Crippen LogP contribution in [0.25, 0.3) is 0 Å². The van der Waals surface area contributed by atoms with Crippen LogP contribution in [0.4, 0.5) is 0 Å². The van der Waals surface area contributed by atoms with Crippen molar-refractivity contribution in [1.82, 2.24) is 25.7 Å². The first-order valence-corrected chi connectivity index (χ1v) is 15.8. The molecule has 2 N–H and O–H groups in total. The van der Waals surface area contributed by atoms with Gasteiger partial charge in [0.25, 0.3) is 5.91 Å². The highest BCUT2D eigenvalue weighted by Gasteiger charge is 2.24. The molecule has 0 radical (unpaired) electrons. The molecule has 1 fully saturated rings. The number of aromatic nitrogens is 2. The van der Waals surface area contributed by atoms with Gasteiger partial charge in [-0.3, -0.25) is 14.5 Å². The number of hydrogen-bond donors (Lipinski definition) is 2. The summed E-state index contributed by atoms with van der Waals surface area (Å²) in [6, 6.07) is 19.5. The monoisotopic (exact) mass is 603 g/mol. The van der Waals surface area contributed by atoms with E-state index in [0.717, 1.165) is 36.4 Å². The van der Waals surface area contributed by atoms with Crippen LogP contribution in [0.3, 0.4) is 0 Å². The maximum atomic E-state index is 12.0. The summed E-state index contributed by atoms with van der Waals surface area (Å²) < 4.78 is 5.24. The Labute approximate surface area is 259 Å². The van der Waals surface area contributed by atoms with Gasteiger partial charge in [-0.1, -0.05) is 67.0 Å². The van der Waals surface area contributed by atoms with Gasteiger partial charge in [0.05, 0.1) is 18.3 Å². The van der Waals surface area contributed by atoms with Crippen molar-refractivity contribution in [3.63, 3.8) is 0 Å². The van der Waals surface area contributed by atoms with Crippen molar-refractivity contribution in [3.05, 3.63) is 105 Å². The average Bonchev–Trinajstić information content (AvgIpc) is 3.77. The molecule has 0 spiro atoms. The van der Waals surface area contributed by atoms with E-state index in [-0.39, 0.29) is 5.91 Å². The van der Waals surface area contributed by atoms with Gasteiger partial charge in [0.1, 0.15) is 11.3 Å². The van der Waals surface area contributed by atoms with Crippen LogP contribution >= 0.6 is 11.3 Å². The first kappa shape index (κ1) is 33.8. The first-order chi connectivity index (χ1) is 20.8. The third kappa shape index (κ3) is 11.9. The molecule has 8 nitrogen and oxygen atoms in total. The van der Waals surface area contributed by atoms with Crippen molar-refractivity contribution in [2.45, 2.75) is 65.5 Å². The Kier molecular flexibility index (Phi) is 14.2. The van der Waals surface area contributed by atoms with Crippen LogP contribution in [-0.2, 0) is 6.54 Å². The lowest BCUT2D eigenvalue weighted by Crippen LogP contribution is -2.27. The molecule has 0 aliphatic carbocycles. The van der Waals surface area contributed by atoms with E-state index >= 15 is 0 Å². The van der Waals surface area contributed by atoms with Gasteiger partial charge in [0, 0.05) is 34.8 Å². The summed E-state index contributed by atoms with van der Waals surface area (Å²) in [7, 11) is 2.19. The predicted octanol–water partition coefficient (Wildman–Crippen LogP) is 6.73. The quantitative estimate of drug-likeness (QED) is 0.153. The lowest BCUT2D eigenvalue weighted by molar-refractivity contribution is 0.0953. The van der Waals surface area contributed by atoms with Gasteiger partial charge in [-0.15, -0.1) is 11.3 Å². The van der Waals surface area contributed by atoms with E-state index in [1.165, 1.54) is 30.0 Å². The molecular formula is C34H45N5O3S. The molecule has 0 bridgehead atoms. The van der Waals surface area contributed by atoms with Crippen molar-refractivity contribution in [1.29, 1.82) is 0 Å². The van der Waals surface area contributed by atoms with Crippen LogP contribution in [-0.4, -0.2) is 53.9 Å². The van der Waals surface area contributed by atoms with Crippen molar-refractivity contribution in [3.8, 4) is 0 Å². The number of thiazole rings is 1. The van der Waals surface area contributed by atoms with Crippen molar-refractivity contribution < 1.29 is 14.1 Å². The van der Waals surface area contributed by atoms with E-state index in [2.05, 4.69) is 77.9 Å². The highest BCUT2D eigenvalue weighted by atomic mass is 32.1. The number of aldehydes is 1. The standard InChI is InChI=1S/C18H23N3O3.C9H14N2S.C7H8/c1-13(2)17-10-16(24-21-17)11-19-7-4-8-20-18(23)15-6-3-5-14(9-15)12-22;1-7-6-12-9(10-7)8-4-3-5-11(8)2;1-7-5-3-2-4-6-7/h3,5-6,9-10,12-13,19H,4,7-8,11H2,1-2H3,(H,20,23);6,8H,3-5H2,1-2H3;2-6H,1H3. The van der Waals surface area contributed by atoms with Crippen LogP contribution in [0.5, 0.6) is 0 Å². The van der Waals surface area contributed by atoms with Gasteiger partial charge < -0.3 is 15.2 Å². The number of benzene rings is 2. The van der Waals surface area contributed by atoms with E-state index in [4.69, 9.17) is 4.52 Å². The lowest BCUT2D eigenvalue weighted by atomic mass is 10.1. The van der Waals surface area contributed by atoms with Crippen LogP contribution in [0.2, 0.25) is 0 Å². The molecule has 1 unspecified atom stereocenters. The molecule has 0 saturated carbocycles. The second kappa shape index (κ2) is 18.1. The first-order valence-electron chi connectivity index (χ1n) is 14.9. The zero-order valence-corrected chi connectivity index (χ0v) is 26.8. The van der Waals surface area contributed by atoms with Gasteiger partial charge in [0.2, 0.25) is 0 Å². The molecule has 9 heteroatoms. The number of carbonyl (C=O) groups is 2. The van der Waals surface area contributed by atoms with Gasteiger partial charge >= 0.3 is 0 Å². The number of nitrogens with one attached hydrogen (secondary N) is 2. The molecule has 2 aromatic heterocycles. The fourth-order valence-corrected chi connectivity index (χ4v) is 5.44. The van der Waals surface area contributed by atoms with E-state index in [9.17, 15) is 9.59 Å². The van der Waals surface area contributed by atoms with Gasteiger partial charge in [0.15, 0.2) is 5.76 Å². The van der Waals surface area contributed by atoms with Crippen LogP contribution in [0.15, 0.2) is 70.6 Å². The molecule has 5 rings (SSSR count). The number of rotatable bonds is 10. The van der Waals surface area contributed by atoms with E-state index < -0.39 is 0 Å². The highest BCUT2D eigenvalue weighted by Crippen LogP contribution is 2.31. The predicted molar refractivity (Wildman–Crippen MR) is 174 cm³/mol. The second-order valence-corrected chi connectivity index (χ2v) is 11.9. The van der Waals surface area contributed by atoms with E-state index in [1.54, 1.807) is 35.6 Å². The lowest BCUT2D eigenvalue weighted by Gasteiger charge is -2.16. The molecule has 43 heavy (non-hydrogen) atoms. The Morgan fingerprint density at radius 3 is 2.49 bits per heavy atom. The van der Waals surface area contributed by atoms with Crippen molar-refractivity contribution in [2.24, 2.45) is 0 Å². The summed E-state index contributed by atoms with van der Waals surface area (Å²) in [6.45, 7) is 11.5. The molecule has 1 atom stereocenters. The highest BCUT2D eigenvalue weighted by molar-refractivity contribution is 7.09. The van der Waals surface area contributed by atoms with Crippen LogP contribution in [0.1, 0.15) is 93.5 Å². The smallest absolute Gasteiger partial charge is 0.251 e. The van der Waals surface area contributed by atoms with E-state index in [0.29, 0.717) is 36.2 Å². The fraction of sp³-hybridized carbons (Fsp3) is 0.412. The molecule has 3 heterocycles. The Hall–Kier alpha value is -3.66.